The van der Waals surface area contributed by atoms with Crippen LogP contribution in [0.5, 0.6) is 0 Å². The number of thioether (sulfide) groups is 1. The molecule has 9 nitrogen and oxygen atoms in total. The fourth-order valence-electron chi connectivity index (χ4n) is 7.34. The van der Waals surface area contributed by atoms with E-state index in [0.717, 1.165) is 46.5 Å². The van der Waals surface area contributed by atoms with E-state index in [-0.39, 0.29) is 18.7 Å². The maximum absolute atomic E-state index is 14.5. The van der Waals surface area contributed by atoms with Crippen molar-refractivity contribution in [3.05, 3.63) is 192 Å². The number of hydrogen-bond donors (Lipinski definition) is 3. The normalized spacial score (nSPS) is 12.4. The van der Waals surface area contributed by atoms with Crippen LogP contribution < -0.4 is 16.0 Å². The summed E-state index contributed by atoms with van der Waals surface area (Å²) in [7, 11) is 0. The third-order valence-corrected chi connectivity index (χ3v) is 12.1. The van der Waals surface area contributed by atoms with Gasteiger partial charge < -0.3 is 20.7 Å². The number of rotatable bonds is 21. The molecule has 0 radical (unpaired) electrons. The van der Waals surface area contributed by atoms with Crippen molar-refractivity contribution < 1.29 is 37.1 Å². The number of carbonyl (C=O) groups is 4. The molecule has 3 N–H and O–H groups in total. The van der Waals surface area contributed by atoms with E-state index in [0.29, 0.717) is 24.3 Å². The van der Waals surface area contributed by atoms with Crippen molar-refractivity contribution in [1.82, 2.24) is 15.6 Å². The number of alkyl halides is 3. The Bertz CT molecular complexity index is 2300. The second kappa shape index (κ2) is 23.1. The predicted molar refractivity (Wildman–Crippen MR) is 244 cm³/mol. The lowest BCUT2D eigenvalue weighted by Gasteiger charge is -2.36. The van der Waals surface area contributed by atoms with Crippen LogP contribution in [-0.2, 0) is 28.7 Å². The number of nitrogens with zero attached hydrogens (tertiary/aromatic N) is 1. The lowest BCUT2D eigenvalue weighted by Crippen LogP contribution is -2.48. The molecule has 6 rings (SSSR count). The van der Waals surface area contributed by atoms with E-state index < -0.39 is 47.3 Å². The molecular formula is C51H49F3N4O5S. The predicted octanol–water partition coefficient (Wildman–Crippen LogP) is 10.2. The van der Waals surface area contributed by atoms with Gasteiger partial charge in [0.2, 0.25) is 11.8 Å². The van der Waals surface area contributed by atoms with Gasteiger partial charge in [0.05, 0.1) is 17.2 Å². The van der Waals surface area contributed by atoms with Crippen LogP contribution in [0.2, 0.25) is 0 Å². The molecule has 1 heterocycles. The number of nitrogens with one attached hydrogen (secondary N) is 3. The first-order chi connectivity index (χ1) is 31.0. The van der Waals surface area contributed by atoms with E-state index in [9.17, 15) is 32.3 Å². The van der Waals surface area contributed by atoms with E-state index in [4.69, 9.17) is 0 Å². The van der Waals surface area contributed by atoms with Crippen LogP contribution in [0, 0.1) is 0 Å². The number of benzene rings is 5. The molecule has 0 aliphatic carbocycles. The second-order valence-electron chi connectivity index (χ2n) is 15.0. The molecule has 1 unspecified atom stereocenters. The summed E-state index contributed by atoms with van der Waals surface area (Å²) in [6, 6.07) is 49.5. The van der Waals surface area contributed by atoms with Crippen LogP contribution in [0.25, 0.3) is 11.1 Å². The van der Waals surface area contributed by atoms with Gasteiger partial charge in [0.1, 0.15) is 11.9 Å². The first-order valence-electron chi connectivity index (χ1n) is 21.1. The van der Waals surface area contributed by atoms with Crippen LogP contribution in [0.4, 0.5) is 19.0 Å². The summed E-state index contributed by atoms with van der Waals surface area (Å²) < 4.78 is 42.8. The highest BCUT2D eigenvalue weighted by Gasteiger charge is 2.43. The molecule has 2 atom stereocenters. The third-order valence-electron chi connectivity index (χ3n) is 10.5. The Hall–Kier alpha value is -6.73. The molecule has 0 aliphatic heterocycles. The summed E-state index contributed by atoms with van der Waals surface area (Å²) in [5.74, 6) is -4.04. The smallest absolute Gasteiger partial charge is 0.386 e. The summed E-state index contributed by atoms with van der Waals surface area (Å²) in [5.41, 5.74) is 5.10. The van der Waals surface area contributed by atoms with Crippen LogP contribution >= 0.6 is 11.8 Å². The van der Waals surface area contributed by atoms with E-state index >= 15 is 0 Å². The maximum Gasteiger partial charge on any atom is 0.491 e. The zero-order valence-electron chi connectivity index (χ0n) is 35.0. The maximum atomic E-state index is 14.5. The molecule has 1 aromatic heterocycles. The third kappa shape index (κ3) is 13.1. The van der Waals surface area contributed by atoms with Crippen molar-refractivity contribution in [2.75, 3.05) is 17.6 Å². The van der Waals surface area contributed by atoms with Gasteiger partial charge in [0.15, 0.2) is 0 Å². The minimum Gasteiger partial charge on any atom is -0.386 e. The van der Waals surface area contributed by atoms with Gasteiger partial charge in [-0.25, -0.2) is 9.78 Å². The quantitative estimate of drug-likeness (QED) is 0.0282. The van der Waals surface area contributed by atoms with Crippen LogP contribution in [0.3, 0.4) is 0 Å². The fourth-order valence-corrected chi connectivity index (χ4v) is 8.91. The summed E-state index contributed by atoms with van der Waals surface area (Å²) in [5, 5.41) is 8.99. The van der Waals surface area contributed by atoms with Gasteiger partial charge in [-0.05, 0) is 70.5 Å². The molecule has 0 saturated heterocycles. The highest BCUT2D eigenvalue weighted by Crippen LogP contribution is 2.48. The Morgan fingerprint density at radius 2 is 1.17 bits per heavy atom. The van der Waals surface area contributed by atoms with E-state index in [2.05, 4.69) is 62.1 Å². The molecule has 2 amide bonds. The Balaban J connectivity index is 1.25. The Morgan fingerprint density at radius 1 is 0.625 bits per heavy atom. The van der Waals surface area contributed by atoms with E-state index in [1.54, 1.807) is 42.2 Å². The zero-order valence-corrected chi connectivity index (χ0v) is 35.8. The molecule has 330 valence electrons. The van der Waals surface area contributed by atoms with Gasteiger partial charge in [0.25, 0.3) is 0 Å². The molecule has 6 aromatic rings. The number of carbonyl (C=O) groups excluding carboxylic acids is 4. The monoisotopic (exact) mass is 886 g/mol. The number of ether oxygens (including phenoxy) is 1. The van der Waals surface area contributed by atoms with Crippen LogP contribution in [-0.4, -0.2) is 53.3 Å². The second-order valence-corrected chi connectivity index (χ2v) is 16.3. The first-order valence-corrected chi connectivity index (χ1v) is 22.0. The summed E-state index contributed by atoms with van der Waals surface area (Å²) in [6.45, 7) is 0.664. The Labute approximate surface area is 375 Å². The van der Waals surface area contributed by atoms with E-state index in [1.807, 2.05) is 103 Å². The zero-order chi connectivity index (χ0) is 45.2. The Kier molecular flexibility index (Phi) is 16.9. The van der Waals surface area contributed by atoms with Gasteiger partial charge in [-0.1, -0.05) is 158 Å². The number of pyridine rings is 1. The largest absolute Gasteiger partial charge is 0.491 e. The lowest BCUT2D eigenvalue weighted by atomic mass is 9.84. The molecule has 0 fully saturated rings. The van der Waals surface area contributed by atoms with E-state index in [1.165, 1.54) is 0 Å². The van der Waals surface area contributed by atoms with Crippen molar-refractivity contribution in [2.24, 2.45) is 0 Å². The van der Waals surface area contributed by atoms with Crippen molar-refractivity contribution in [2.45, 2.75) is 61.5 Å². The average Bonchev–Trinajstić information content (AvgIpc) is 3.32. The number of unbranched alkanes of at least 4 members (excludes halogenated alkanes) is 2. The first kappa shape index (κ1) is 46.8. The van der Waals surface area contributed by atoms with Gasteiger partial charge in [-0.3, -0.25) is 14.4 Å². The number of amides is 2. The SMILES string of the molecule is O=C(CCCCCNc1ccccn1)N[C@@H](CCSC(c1ccccc1)(c1ccccc1)c1ccccc1)C(=O)NC(CC(=O)OC(=O)C(F)(F)F)c1ccc(-c2ccccc2)cc1. The average molecular weight is 887 g/mol. The Morgan fingerprint density at radius 3 is 1.72 bits per heavy atom. The summed E-state index contributed by atoms with van der Waals surface area (Å²) in [6.07, 6.45) is -2.15. The highest BCUT2D eigenvalue weighted by atomic mass is 32.2. The molecule has 0 saturated carbocycles. The number of esters is 2. The van der Waals surface area contributed by atoms with Crippen molar-refractivity contribution in [3.8, 4) is 11.1 Å². The van der Waals surface area contributed by atoms with Gasteiger partial charge in [-0.15, -0.1) is 11.8 Å². The minimum absolute atomic E-state index is 0.138. The highest BCUT2D eigenvalue weighted by molar-refractivity contribution is 8.00. The lowest BCUT2D eigenvalue weighted by molar-refractivity contribution is -0.202. The molecule has 0 bridgehead atoms. The molecule has 64 heavy (non-hydrogen) atoms. The van der Waals surface area contributed by atoms with Gasteiger partial charge in [0, 0.05) is 19.2 Å². The van der Waals surface area contributed by atoms with Crippen molar-refractivity contribution >= 4 is 41.3 Å². The van der Waals surface area contributed by atoms with Gasteiger partial charge in [-0.2, -0.15) is 13.2 Å². The molecule has 5 aromatic carbocycles. The molecule has 0 spiro atoms. The topological polar surface area (TPSA) is 126 Å². The molecule has 13 heteroatoms. The van der Waals surface area contributed by atoms with Gasteiger partial charge >= 0.3 is 18.1 Å². The summed E-state index contributed by atoms with van der Waals surface area (Å²) in [4.78, 5) is 56.9. The number of halogens is 3. The van der Waals surface area contributed by atoms with Crippen molar-refractivity contribution in [1.29, 1.82) is 0 Å². The van der Waals surface area contributed by atoms with Crippen LogP contribution in [0.1, 0.15) is 66.8 Å². The number of aromatic nitrogens is 1. The van der Waals surface area contributed by atoms with Crippen LogP contribution in [0.15, 0.2) is 170 Å². The molecule has 0 aliphatic rings. The minimum atomic E-state index is -5.40. The number of anilines is 1. The molecular weight excluding hydrogens is 838 g/mol. The summed E-state index contributed by atoms with van der Waals surface area (Å²) >= 11 is 1.60. The fraction of sp³-hybridized carbons (Fsp3) is 0.235. The number of hydrogen-bond acceptors (Lipinski definition) is 8. The van der Waals surface area contributed by atoms with Crippen molar-refractivity contribution in [3.63, 3.8) is 0 Å². The standard InChI is InChI=1S/C51H49F3N4O5S/c52-51(53,54)49(62)63-47(60)36-44(39-30-28-38(29-31-39)37-18-6-1-7-19-37)58-48(61)43(57-46(59)27-14-5-16-33-55-45-26-15-17-34-56-45)32-35-64-50(40-20-8-2-9-21-40,41-22-10-3-11-23-41)42-24-12-4-13-25-42/h1-4,6-13,15,17-26,28-31,34,43-44H,5,14,16,27,32-33,35-36H2,(H,55,56)(H,57,59)(H,58,61)/t43-,44?/m0/s1.